The highest BCUT2D eigenvalue weighted by Crippen LogP contribution is 2.38. The molecule has 34 heavy (non-hydrogen) atoms. The number of methoxy groups -OCH3 is 1. The zero-order chi connectivity index (χ0) is 24.5. The number of carbonyl (C=O) groups excluding carboxylic acids is 2. The maximum atomic E-state index is 13.7. The smallest absolute Gasteiger partial charge is 0.259 e. The van der Waals surface area contributed by atoms with Crippen molar-refractivity contribution in [2.45, 2.75) is 65.0 Å². The topological polar surface area (TPSA) is 85.0 Å². The number of rotatable bonds is 5. The summed E-state index contributed by atoms with van der Waals surface area (Å²) in [6.45, 7) is 5.25. The van der Waals surface area contributed by atoms with Crippen LogP contribution in [0.15, 0.2) is 33.7 Å². The molecule has 0 aromatic carbocycles. The molecule has 0 bridgehead atoms. The standard InChI is InChI=1S/C26H35N3O5/c1-18(20-9-8-16-34-20)27(3)24(31)23-19-10-13-28(25(32)26(2)11-6-5-7-12-26)14-15-29(19)22(30)17-21(23)33-4/h8-9,16-18H,5-7,10-15H2,1-4H3/t18-/m1/s1. The van der Waals surface area contributed by atoms with Crippen LogP contribution < -0.4 is 10.3 Å². The molecule has 2 aromatic rings. The number of ether oxygens (including phenoxy) is 1. The van der Waals surface area contributed by atoms with E-state index in [2.05, 4.69) is 6.92 Å². The van der Waals surface area contributed by atoms with Gasteiger partial charge in [-0.2, -0.15) is 0 Å². The lowest BCUT2D eigenvalue weighted by molar-refractivity contribution is -0.143. The summed E-state index contributed by atoms with van der Waals surface area (Å²) in [4.78, 5) is 43.6. The highest BCUT2D eigenvalue weighted by Gasteiger charge is 2.38. The van der Waals surface area contributed by atoms with E-state index in [0.717, 1.165) is 25.7 Å². The minimum atomic E-state index is -0.339. The molecule has 3 heterocycles. The van der Waals surface area contributed by atoms with Gasteiger partial charge in [0.2, 0.25) is 5.91 Å². The van der Waals surface area contributed by atoms with Crippen molar-refractivity contribution in [2.75, 3.05) is 27.2 Å². The van der Waals surface area contributed by atoms with E-state index in [1.165, 1.54) is 19.6 Å². The molecule has 2 amide bonds. The molecular formula is C26H35N3O5. The summed E-state index contributed by atoms with van der Waals surface area (Å²) >= 11 is 0. The van der Waals surface area contributed by atoms with E-state index in [0.29, 0.717) is 43.1 Å². The van der Waals surface area contributed by atoms with Crippen molar-refractivity contribution in [1.29, 1.82) is 0 Å². The van der Waals surface area contributed by atoms with Crippen LogP contribution in [0.1, 0.15) is 73.8 Å². The minimum Gasteiger partial charge on any atom is -0.496 e. The third-order valence-electron chi connectivity index (χ3n) is 7.64. The molecule has 1 saturated carbocycles. The van der Waals surface area contributed by atoms with Gasteiger partial charge in [-0.3, -0.25) is 14.4 Å². The molecule has 2 aromatic heterocycles. The Balaban J connectivity index is 1.65. The second kappa shape index (κ2) is 9.68. The van der Waals surface area contributed by atoms with Gasteiger partial charge >= 0.3 is 0 Å². The van der Waals surface area contributed by atoms with Crippen LogP contribution in [0.25, 0.3) is 0 Å². The number of pyridine rings is 1. The molecule has 1 fully saturated rings. The van der Waals surface area contributed by atoms with E-state index >= 15 is 0 Å². The Hall–Kier alpha value is -3.03. The minimum absolute atomic E-state index is 0.163. The Bertz CT molecular complexity index is 1100. The molecule has 1 aliphatic heterocycles. The molecule has 4 rings (SSSR count). The zero-order valence-electron chi connectivity index (χ0n) is 20.6. The van der Waals surface area contributed by atoms with Gasteiger partial charge in [0.1, 0.15) is 17.1 Å². The Morgan fingerprint density at radius 1 is 1.18 bits per heavy atom. The Morgan fingerprint density at radius 2 is 1.91 bits per heavy atom. The molecule has 0 saturated heterocycles. The molecule has 0 spiro atoms. The van der Waals surface area contributed by atoms with Crippen molar-refractivity contribution in [3.05, 3.63) is 51.8 Å². The van der Waals surface area contributed by atoms with Crippen LogP contribution in [0.5, 0.6) is 5.75 Å². The van der Waals surface area contributed by atoms with E-state index in [1.807, 2.05) is 17.9 Å². The van der Waals surface area contributed by atoms with Gasteiger partial charge in [0.05, 0.1) is 19.4 Å². The number of hydrogen-bond acceptors (Lipinski definition) is 5. The summed E-state index contributed by atoms with van der Waals surface area (Å²) in [5.74, 6) is 0.852. The highest BCUT2D eigenvalue weighted by molar-refractivity contribution is 5.98. The fraction of sp³-hybridized carbons (Fsp3) is 0.577. The summed E-state index contributed by atoms with van der Waals surface area (Å²) in [6.07, 6.45) is 7.14. The lowest BCUT2D eigenvalue weighted by Crippen LogP contribution is -2.44. The van der Waals surface area contributed by atoms with Gasteiger partial charge in [-0.15, -0.1) is 0 Å². The number of hydrogen-bond donors (Lipinski definition) is 0. The average molecular weight is 470 g/mol. The summed E-state index contributed by atoms with van der Waals surface area (Å²) < 4.78 is 12.6. The first-order chi connectivity index (χ1) is 16.3. The van der Waals surface area contributed by atoms with Gasteiger partial charge in [-0.1, -0.05) is 26.2 Å². The van der Waals surface area contributed by atoms with E-state index in [4.69, 9.17) is 9.15 Å². The summed E-state index contributed by atoms with van der Waals surface area (Å²) in [6, 6.07) is 4.70. The van der Waals surface area contributed by atoms with Gasteiger partial charge in [0.25, 0.3) is 11.5 Å². The van der Waals surface area contributed by atoms with E-state index in [9.17, 15) is 14.4 Å². The van der Waals surface area contributed by atoms with E-state index < -0.39 is 0 Å². The van der Waals surface area contributed by atoms with Gasteiger partial charge in [0.15, 0.2) is 0 Å². The first kappa shape index (κ1) is 24.1. The first-order valence-electron chi connectivity index (χ1n) is 12.2. The number of furan rings is 1. The predicted octanol–water partition coefficient (Wildman–Crippen LogP) is 3.64. The van der Waals surface area contributed by atoms with Crippen molar-refractivity contribution in [1.82, 2.24) is 14.4 Å². The van der Waals surface area contributed by atoms with E-state index in [1.54, 1.807) is 28.8 Å². The number of carbonyl (C=O) groups is 2. The second-order valence-corrected chi connectivity index (χ2v) is 9.80. The maximum Gasteiger partial charge on any atom is 0.259 e. The molecule has 0 unspecified atom stereocenters. The SMILES string of the molecule is COc1cc(=O)n2c(c1C(=O)N(C)[C@H](C)c1ccco1)CCN(C(=O)C1(C)CCCCC1)CC2. The number of amides is 2. The third kappa shape index (κ3) is 4.38. The molecular weight excluding hydrogens is 434 g/mol. The molecule has 0 N–H and O–H groups in total. The summed E-state index contributed by atoms with van der Waals surface area (Å²) in [5.41, 5.74) is 0.441. The molecule has 1 aliphatic carbocycles. The van der Waals surface area contributed by atoms with Gasteiger partial charge in [0, 0.05) is 50.3 Å². The fourth-order valence-corrected chi connectivity index (χ4v) is 5.34. The maximum absolute atomic E-state index is 13.7. The monoisotopic (exact) mass is 469 g/mol. The first-order valence-corrected chi connectivity index (χ1v) is 12.2. The van der Waals surface area contributed by atoms with Crippen LogP contribution in [0.4, 0.5) is 0 Å². The van der Waals surface area contributed by atoms with Gasteiger partial charge in [-0.25, -0.2) is 0 Å². The van der Waals surface area contributed by atoms with E-state index in [-0.39, 0.29) is 34.6 Å². The predicted molar refractivity (Wildman–Crippen MR) is 128 cm³/mol. The van der Waals surface area contributed by atoms with Crippen LogP contribution in [-0.2, 0) is 17.8 Å². The average Bonchev–Trinajstić information content (AvgIpc) is 3.29. The number of nitrogens with zero attached hydrogens (tertiary/aromatic N) is 3. The van der Waals surface area contributed by atoms with Crippen LogP contribution in [-0.4, -0.2) is 53.4 Å². The molecule has 8 nitrogen and oxygen atoms in total. The van der Waals surface area contributed by atoms with Crippen molar-refractivity contribution in [2.24, 2.45) is 5.41 Å². The van der Waals surface area contributed by atoms with Gasteiger partial charge < -0.3 is 23.5 Å². The Labute approximate surface area is 200 Å². The van der Waals surface area contributed by atoms with Crippen LogP contribution in [0.3, 0.4) is 0 Å². The van der Waals surface area contributed by atoms with Crippen molar-refractivity contribution < 1.29 is 18.7 Å². The fourth-order valence-electron chi connectivity index (χ4n) is 5.34. The molecule has 8 heteroatoms. The second-order valence-electron chi connectivity index (χ2n) is 9.80. The van der Waals surface area contributed by atoms with Crippen LogP contribution in [0.2, 0.25) is 0 Å². The summed E-state index contributed by atoms with van der Waals surface area (Å²) in [7, 11) is 3.18. The van der Waals surface area contributed by atoms with Crippen molar-refractivity contribution >= 4 is 11.8 Å². The van der Waals surface area contributed by atoms with Crippen molar-refractivity contribution in [3.63, 3.8) is 0 Å². The van der Waals surface area contributed by atoms with Crippen LogP contribution in [0, 0.1) is 5.41 Å². The largest absolute Gasteiger partial charge is 0.496 e. The highest BCUT2D eigenvalue weighted by atomic mass is 16.5. The number of aromatic nitrogens is 1. The zero-order valence-corrected chi connectivity index (χ0v) is 20.6. The molecule has 2 aliphatic rings. The van der Waals surface area contributed by atoms with Gasteiger partial charge in [-0.05, 0) is 31.9 Å². The lowest BCUT2D eigenvalue weighted by atomic mass is 9.74. The van der Waals surface area contributed by atoms with Crippen molar-refractivity contribution in [3.8, 4) is 5.75 Å². The normalized spacial score (nSPS) is 18.5. The molecule has 184 valence electrons. The summed E-state index contributed by atoms with van der Waals surface area (Å²) in [5, 5.41) is 0. The third-order valence-corrected chi connectivity index (χ3v) is 7.64. The Kier molecular flexibility index (Phi) is 6.86. The molecule has 0 radical (unpaired) electrons. The quantitative estimate of drug-likeness (QED) is 0.668. The molecule has 1 atom stereocenters. The Morgan fingerprint density at radius 3 is 2.56 bits per heavy atom. The lowest BCUT2D eigenvalue weighted by Gasteiger charge is -2.36. The number of fused-ring (bicyclic) bond motifs is 1. The van der Waals surface area contributed by atoms with Crippen LogP contribution >= 0.6 is 0 Å².